The van der Waals surface area contributed by atoms with Crippen LogP contribution in [0.2, 0.25) is 0 Å². The van der Waals surface area contributed by atoms with Gasteiger partial charge in [-0.3, -0.25) is 9.10 Å². The minimum atomic E-state index is -3.35. The lowest BCUT2D eigenvalue weighted by Crippen LogP contribution is -2.34. The van der Waals surface area contributed by atoms with E-state index in [1.54, 1.807) is 30.3 Å². The van der Waals surface area contributed by atoms with Crippen molar-refractivity contribution in [1.82, 2.24) is 8.75 Å². The van der Waals surface area contributed by atoms with Crippen molar-refractivity contribution in [3.05, 3.63) is 47.5 Å². The van der Waals surface area contributed by atoms with Crippen molar-refractivity contribution >= 4 is 50.1 Å². The lowest BCUT2D eigenvalue weighted by Gasteiger charge is -2.29. The Morgan fingerprint density at radius 3 is 2.77 bits per heavy atom. The third-order valence-corrected chi connectivity index (χ3v) is 6.07. The molecule has 1 aliphatic rings. The van der Waals surface area contributed by atoms with E-state index in [-0.39, 0.29) is 5.91 Å². The molecule has 26 heavy (non-hydrogen) atoms. The molecule has 3 aromatic rings. The SMILES string of the molecule is CS(=O)(=O)N1CCCc2ccc(NC(=O)c3ccc4nsnc4c3)cc21. The van der Waals surface area contributed by atoms with Crippen LogP contribution in [0.4, 0.5) is 11.4 Å². The molecule has 1 aromatic heterocycles. The van der Waals surface area contributed by atoms with Gasteiger partial charge in [-0.1, -0.05) is 6.07 Å². The number of fused-ring (bicyclic) bond motifs is 2. The number of amides is 1. The Hall–Kier alpha value is -2.52. The van der Waals surface area contributed by atoms with Crippen LogP contribution >= 0.6 is 11.7 Å². The Morgan fingerprint density at radius 2 is 1.96 bits per heavy atom. The summed E-state index contributed by atoms with van der Waals surface area (Å²) in [7, 11) is -3.35. The van der Waals surface area contributed by atoms with Crippen molar-refractivity contribution in [3.8, 4) is 0 Å². The number of rotatable bonds is 3. The quantitative estimate of drug-likeness (QED) is 0.745. The number of aromatic nitrogens is 2. The number of carbonyl (C=O) groups excluding carboxylic acids is 1. The lowest BCUT2D eigenvalue weighted by atomic mass is 10.0. The van der Waals surface area contributed by atoms with Gasteiger partial charge in [0.2, 0.25) is 10.0 Å². The standard InChI is InChI=1S/C17H16N4O3S2/c1-26(23,24)21-8-2-3-11-4-6-13(10-16(11)21)18-17(22)12-5-7-14-15(9-12)20-25-19-14/h4-7,9-10H,2-3,8H2,1H3,(H,18,22). The van der Waals surface area contributed by atoms with E-state index in [1.807, 2.05) is 6.07 Å². The fourth-order valence-electron chi connectivity index (χ4n) is 3.09. The molecule has 7 nitrogen and oxygen atoms in total. The molecule has 0 unspecified atom stereocenters. The minimum Gasteiger partial charge on any atom is -0.322 e. The largest absolute Gasteiger partial charge is 0.322 e. The summed E-state index contributed by atoms with van der Waals surface area (Å²) in [5.74, 6) is -0.276. The molecular weight excluding hydrogens is 372 g/mol. The number of hydrogen-bond acceptors (Lipinski definition) is 6. The molecule has 0 atom stereocenters. The monoisotopic (exact) mass is 388 g/mol. The average molecular weight is 388 g/mol. The number of benzene rings is 2. The van der Waals surface area contributed by atoms with E-state index in [4.69, 9.17) is 0 Å². The predicted octanol–water partition coefficient (Wildman–Crippen LogP) is 2.66. The van der Waals surface area contributed by atoms with Gasteiger partial charge in [-0.15, -0.1) is 0 Å². The van der Waals surface area contributed by atoms with Crippen LogP contribution in [0.5, 0.6) is 0 Å². The normalized spacial score (nSPS) is 14.3. The van der Waals surface area contributed by atoms with Gasteiger partial charge in [-0.2, -0.15) is 8.75 Å². The zero-order valence-corrected chi connectivity index (χ0v) is 15.6. The van der Waals surface area contributed by atoms with Crippen LogP contribution in [0, 0.1) is 0 Å². The summed E-state index contributed by atoms with van der Waals surface area (Å²) in [4.78, 5) is 12.5. The molecule has 0 saturated heterocycles. The van der Waals surface area contributed by atoms with Gasteiger partial charge in [0.15, 0.2) is 0 Å². The molecule has 1 amide bonds. The fraction of sp³-hybridized carbons (Fsp3) is 0.235. The second kappa shape index (κ2) is 6.33. The molecule has 1 aliphatic heterocycles. The molecule has 0 radical (unpaired) electrons. The van der Waals surface area contributed by atoms with E-state index in [9.17, 15) is 13.2 Å². The van der Waals surface area contributed by atoms with Gasteiger partial charge >= 0.3 is 0 Å². The van der Waals surface area contributed by atoms with E-state index in [0.29, 0.717) is 29.0 Å². The molecule has 2 heterocycles. The van der Waals surface area contributed by atoms with Gasteiger partial charge in [-0.25, -0.2) is 8.42 Å². The molecular formula is C17H16N4O3S2. The van der Waals surface area contributed by atoms with Gasteiger partial charge in [0.05, 0.1) is 23.7 Å². The summed E-state index contributed by atoms with van der Waals surface area (Å²) in [6.07, 6.45) is 2.81. The number of sulfonamides is 1. The topological polar surface area (TPSA) is 92.3 Å². The molecule has 9 heteroatoms. The molecule has 0 aliphatic carbocycles. The molecule has 0 bridgehead atoms. The highest BCUT2D eigenvalue weighted by Gasteiger charge is 2.24. The Labute approximate surface area is 155 Å². The summed E-state index contributed by atoms with van der Waals surface area (Å²) in [6, 6.07) is 10.5. The van der Waals surface area contributed by atoms with Gasteiger partial charge in [0.1, 0.15) is 11.0 Å². The van der Waals surface area contributed by atoms with Crippen LogP contribution in [-0.2, 0) is 16.4 Å². The van der Waals surface area contributed by atoms with Gasteiger partial charge < -0.3 is 5.32 Å². The Bertz CT molecular complexity index is 1110. The molecule has 4 rings (SSSR count). The minimum absolute atomic E-state index is 0.276. The molecule has 0 fully saturated rings. The molecule has 0 spiro atoms. The number of carbonyl (C=O) groups is 1. The molecule has 1 N–H and O–H groups in total. The van der Waals surface area contributed by atoms with Crippen LogP contribution < -0.4 is 9.62 Å². The summed E-state index contributed by atoms with van der Waals surface area (Å²) < 4.78 is 33.7. The van der Waals surface area contributed by atoms with Gasteiger partial charge in [-0.05, 0) is 48.7 Å². The first-order valence-electron chi connectivity index (χ1n) is 8.06. The van der Waals surface area contributed by atoms with Crippen LogP contribution in [0.25, 0.3) is 11.0 Å². The highest BCUT2D eigenvalue weighted by molar-refractivity contribution is 7.92. The van der Waals surface area contributed by atoms with Gasteiger partial charge in [0.25, 0.3) is 5.91 Å². The molecule has 134 valence electrons. The van der Waals surface area contributed by atoms with Crippen LogP contribution in [-0.4, -0.2) is 35.9 Å². The first-order valence-corrected chi connectivity index (χ1v) is 10.6. The first kappa shape index (κ1) is 16.9. The Balaban J connectivity index is 1.63. The number of nitrogens with zero attached hydrogens (tertiary/aromatic N) is 3. The Kier molecular flexibility index (Phi) is 4.12. The zero-order chi connectivity index (χ0) is 18.3. The van der Waals surface area contributed by atoms with Crippen molar-refractivity contribution < 1.29 is 13.2 Å². The van der Waals surface area contributed by atoms with E-state index in [0.717, 1.165) is 35.6 Å². The Morgan fingerprint density at radius 1 is 1.15 bits per heavy atom. The van der Waals surface area contributed by atoms with Crippen molar-refractivity contribution in [3.63, 3.8) is 0 Å². The highest BCUT2D eigenvalue weighted by atomic mass is 32.2. The highest BCUT2D eigenvalue weighted by Crippen LogP contribution is 2.31. The third kappa shape index (κ3) is 3.15. The van der Waals surface area contributed by atoms with E-state index < -0.39 is 10.0 Å². The summed E-state index contributed by atoms with van der Waals surface area (Å²) in [5.41, 5.74) is 4.06. The predicted molar refractivity (Wildman–Crippen MR) is 102 cm³/mol. The number of hydrogen-bond donors (Lipinski definition) is 1. The number of anilines is 2. The maximum absolute atomic E-state index is 12.5. The first-order chi connectivity index (χ1) is 12.4. The van der Waals surface area contributed by atoms with E-state index >= 15 is 0 Å². The summed E-state index contributed by atoms with van der Waals surface area (Å²) >= 11 is 1.10. The van der Waals surface area contributed by atoms with Crippen LogP contribution in [0.1, 0.15) is 22.3 Å². The number of aryl methyl sites for hydroxylation is 1. The van der Waals surface area contributed by atoms with Crippen LogP contribution in [0.15, 0.2) is 36.4 Å². The lowest BCUT2D eigenvalue weighted by molar-refractivity contribution is 0.102. The maximum Gasteiger partial charge on any atom is 0.255 e. The zero-order valence-electron chi connectivity index (χ0n) is 14.0. The fourth-order valence-corrected chi connectivity index (χ4v) is 4.60. The van der Waals surface area contributed by atoms with Crippen molar-refractivity contribution in [2.24, 2.45) is 0 Å². The molecule has 0 saturated carbocycles. The second-order valence-corrected chi connectivity index (χ2v) is 8.64. The smallest absolute Gasteiger partial charge is 0.255 e. The maximum atomic E-state index is 12.5. The third-order valence-electron chi connectivity index (χ3n) is 4.34. The van der Waals surface area contributed by atoms with Crippen LogP contribution in [0.3, 0.4) is 0 Å². The molecule has 2 aromatic carbocycles. The number of nitrogens with one attached hydrogen (secondary N) is 1. The summed E-state index contributed by atoms with van der Waals surface area (Å²) in [5, 5.41) is 2.83. The van der Waals surface area contributed by atoms with Crippen molar-refractivity contribution in [1.29, 1.82) is 0 Å². The van der Waals surface area contributed by atoms with Crippen molar-refractivity contribution in [2.75, 3.05) is 22.4 Å². The van der Waals surface area contributed by atoms with E-state index in [1.165, 1.54) is 10.6 Å². The summed E-state index contributed by atoms with van der Waals surface area (Å²) in [6.45, 7) is 0.455. The van der Waals surface area contributed by atoms with Crippen molar-refractivity contribution in [2.45, 2.75) is 12.8 Å². The second-order valence-electron chi connectivity index (χ2n) is 6.20. The van der Waals surface area contributed by atoms with E-state index in [2.05, 4.69) is 14.1 Å². The van der Waals surface area contributed by atoms with Gasteiger partial charge in [0, 0.05) is 17.8 Å². The average Bonchev–Trinajstić information content (AvgIpc) is 3.08.